The summed E-state index contributed by atoms with van der Waals surface area (Å²) in [6.07, 6.45) is 0. The Morgan fingerprint density at radius 1 is 0.960 bits per heavy atom. The molecule has 0 saturated heterocycles. The SMILES string of the molecule is O=C(ON1C(=O)c2ccccc2C1=O)c1ccc(-c2cscn2)cc1. The molecular weight excluding hydrogens is 340 g/mol. The molecule has 122 valence electrons. The summed E-state index contributed by atoms with van der Waals surface area (Å²) in [5.41, 5.74) is 4.07. The van der Waals surface area contributed by atoms with Gasteiger partial charge in [0.15, 0.2) is 0 Å². The van der Waals surface area contributed by atoms with Crippen LogP contribution in [0.15, 0.2) is 59.4 Å². The number of amides is 2. The molecule has 1 aromatic heterocycles. The van der Waals surface area contributed by atoms with Gasteiger partial charge in [0.2, 0.25) is 0 Å². The van der Waals surface area contributed by atoms with Crippen molar-refractivity contribution in [2.45, 2.75) is 0 Å². The first-order valence-corrected chi connectivity index (χ1v) is 8.28. The first-order valence-electron chi connectivity index (χ1n) is 7.34. The van der Waals surface area contributed by atoms with Crippen molar-refractivity contribution in [1.29, 1.82) is 0 Å². The van der Waals surface area contributed by atoms with Gasteiger partial charge in [0.05, 0.1) is 27.9 Å². The molecule has 2 heterocycles. The summed E-state index contributed by atoms with van der Waals surface area (Å²) in [5, 5.41) is 2.40. The van der Waals surface area contributed by atoms with Crippen LogP contribution in [0.4, 0.5) is 0 Å². The fraction of sp³-hybridized carbons (Fsp3) is 0. The first kappa shape index (κ1) is 15.2. The van der Waals surface area contributed by atoms with Gasteiger partial charge in [-0.3, -0.25) is 9.59 Å². The highest BCUT2D eigenvalue weighted by Crippen LogP contribution is 2.24. The predicted octanol–water partition coefficient (Wildman–Crippen LogP) is 3.18. The van der Waals surface area contributed by atoms with E-state index in [1.165, 1.54) is 23.5 Å². The Hall–Kier alpha value is -3.32. The number of nitrogens with zero attached hydrogens (tertiary/aromatic N) is 2. The molecule has 0 aliphatic carbocycles. The number of imide groups is 1. The third-order valence-electron chi connectivity index (χ3n) is 3.78. The quantitative estimate of drug-likeness (QED) is 0.678. The van der Waals surface area contributed by atoms with Gasteiger partial charge in [-0.1, -0.05) is 29.3 Å². The predicted molar refractivity (Wildman–Crippen MR) is 89.9 cm³/mol. The molecule has 0 bridgehead atoms. The molecule has 1 aliphatic rings. The number of hydrogen-bond donors (Lipinski definition) is 0. The lowest BCUT2D eigenvalue weighted by Gasteiger charge is -2.12. The average molecular weight is 350 g/mol. The standard InChI is InChI=1S/C18H10N2O4S/c21-16-13-3-1-2-4-14(13)17(22)20(16)24-18(23)12-7-5-11(6-8-12)15-9-25-10-19-15/h1-10H. The number of aromatic nitrogens is 1. The van der Waals surface area contributed by atoms with Gasteiger partial charge in [-0.05, 0) is 24.3 Å². The van der Waals surface area contributed by atoms with E-state index in [9.17, 15) is 14.4 Å². The third kappa shape index (κ3) is 2.60. The van der Waals surface area contributed by atoms with E-state index < -0.39 is 17.8 Å². The summed E-state index contributed by atoms with van der Waals surface area (Å²) in [7, 11) is 0. The molecule has 0 unspecified atom stereocenters. The molecule has 3 aromatic rings. The zero-order valence-electron chi connectivity index (χ0n) is 12.7. The van der Waals surface area contributed by atoms with Crippen LogP contribution < -0.4 is 0 Å². The zero-order chi connectivity index (χ0) is 17.4. The molecule has 0 N–H and O–H groups in total. The number of hydroxylamine groups is 2. The number of rotatable bonds is 3. The van der Waals surface area contributed by atoms with Crippen molar-refractivity contribution < 1.29 is 19.2 Å². The number of hydrogen-bond acceptors (Lipinski definition) is 6. The fourth-order valence-electron chi connectivity index (χ4n) is 2.52. The second-order valence-corrected chi connectivity index (χ2v) is 6.00. The Bertz CT molecular complexity index is 946. The van der Waals surface area contributed by atoms with Crippen molar-refractivity contribution in [3.8, 4) is 11.3 Å². The Morgan fingerprint density at radius 3 is 2.16 bits per heavy atom. The Kier molecular flexibility index (Phi) is 3.62. The maximum absolute atomic E-state index is 12.3. The van der Waals surface area contributed by atoms with E-state index in [2.05, 4.69) is 4.98 Å². The molecular formula is C18H10N2O4S. The van der Waals surface area contributed by atoms with Gasteiger partial charge in [-0.2, -0.15) is 0 Å². The van der Waals surface area contributed by atoms with Gasteiger partial charge < -0.3 is 4.84 Å². The number of fused-ring (bicyclic) bond motifs is 1. The van der Waals surface area contributed by atoms with Gasteiger partial charge in [-0.25, -0.2) is 9.78 Å². The minimum Gasteiger partial charge on any atom is -0.324 e. The van der Waals surface area contributed by atoms with Crippen LogP contribution in [0.25, 0.3) is 11.3 Å². The molecule has 4 rings (SSSR count). The average Bonchev–Trinajstić information content (AvgIpc) is 3.26. The Labute approximate surface area is 146 Å². The fourth-order valence-corrected chi connectivity index (χ4v) is 3.08. The van der Waals surface area contributed by atoms with Crippen LogP contribution in [0.3, 0.4) is 0 Å². The van der Waals surface area contributed by atoms with E-state index >= 15 is 0 Å². The van der Waals surface area contributed by atoms with Crippen molar-refractivity contribution in [3.05, 3.63) is 76.1 Å². The lowest BCUT2D eigenvalue weighted by atomic mass is 10.1. The lowest BCUT2D eigenvalue weighted by Crippen LogP contribution is -2.32. The van der Waals surface area contributed by atoms with E-state index in [-0.39, 0.29) is 16.7 Å². The molecule has 1 aliphatic heterocycles. The van der Waals surface area contributed by atoms with Gasteiger partial charge in [0.1, 0.15) is 0 Å². The highest BCUT2D eigenvalue weighted by Gasteiger charge is 2.38. The number of carbonyl (C=O) groups is 3. The van der Waals surface area contributed by atoms with E-state index in [1.807, 2.05) is 5.38 Å². The van der Waals surface area contributed by atoms with Gasteiger partial charge >= 0.3 is 5.97 Å². The summed E-state index contributed by atoms with van der Waals surface area (Å²) in [6.45, 7) is 0. The maximum atomic E-state index is 12.3. The van der Waals surface area contributed by atoms with Crippen molar-refractivity contribution in [2.24, 2.45) is 0 Å². The molecule has 25 heavy (non-hydrogen) atoms. The van der Waals surface area contributed by atoms with Gasteiger partial charge in [0.25, 0.3) is 11.8 Å². The Morgan fingerprint density at radius 2 is 1.60 bits per heavy atom. The minimum atomic E-state index is -0.778. The highest BCUT2D eigenvalue weighted by atomic mass is 32.1. The second-order valence-electron chi connectivity index (χ2n) is 5.28. The number of thiazole rings is 1. The third-order valence-corrected chi connectivity index (χ3v) is 4.37. The van der Waals surface area contributed by atoms with Crippen LogP contribution >= 0.6 is 11.3 Å². The summed E-state index contributed by atoms with van der Waals surface area (Å²) in [4.78, 5) is 45.9. The van der Waals surface area contributed by atoms with E-state index in [0.29, 0.717) is 5.06 Å². The Balaban J connectivity index is 1.53. The van der Waals surface area contributed by atoms with E-state index in [4.69, 9.17) is 4.84 Å². The minimum absolute atomic E-state index is 0.221. The van der Waals surface area contributed by atoms with Crippen LogP contribution in [-0.2, 0) is 4.84 Å². The van der Waals surface area contributed by atoms with Crippen LogP contribution in [-0.4, -0.2) is 27.8 Å². The largest absolute Gasteiger partial charge is 0.363 e. The van der Waals surface area contributed by atoms with Crippen molar-refractivity contribution in [1.82, 2.24) is 10.0 Å². The van der Waals surface area contributed by atoms with Gasteiger partial charge in [0, 0.05) is 10.9 Å². The molecule has 0 radical (unpaired) electrons. The van der Waals surface area contributed by atoms with Crippen LogP contribution in [0.2, 0.25) is 0 Å². The van der Waals surface area contributed by atoms with Crippen molar-refractivity contribution in [2.75, 3.05) is 0 Å². The van der Waals surface area contributed by atoms with Crippen molar-refractivity contribution >= 4 is 29.1 Å². The molecule has 2 amide bonds. The lowest BCUT2D eigenvalue weighted by molar-refractivity contribution is -0.0584. The summed E-state index contributed by atoms with van der Waals surface area (Å²) in [6, 6.07) is 12.9. The second kappa shape index (κ2) is 5.95. The summed E-state index contributed by atoms with van der Waals surface area (Å²) in [5.74, 6) is -2.07. The summed E-state index contributed by atoms with van der Waals surface area (Å²) >= 11 is 1.48. The molecule has 6 nitrogen and oxygen atoms in total. The van der Waals surface area contributed by atoms with E-state index in [0.717, 1.165) is 11.3 Å². The first-order chi connectivity index (χ1) is 12.1. The van der Waals surface area contributed by atoms with Gasteiger partial charge in [-0.15, -0.1) is 11.3 Å². The molecule has 0 saturated carbocycles. The monoisotopic (exact) mass is 350 g/mol. The molecule has 2 aromatic carbocycles. The van der Waals surface area contributed by atoms with Crippen LogP contribution in [0.1, 0.15) is 31.1 Å². The van der Waals surface area contributed by atoms with E-state index in [1.54, 1.807) is 41.9 Å². The van der Waals surface area contributed by atoms with Crippen molar-refractivity contribution in [3.63, 3.8) is 0 Å². The normalized spacial score (nSPS) is 13.0. The molecule has 7 heteroatoms. The topological polar surface area (TPSA) is 76.6 Å². The smallest absolute Gasteiger partial charge is 0.324 e. The number of carbonyl (C=O) groups excluding carboxylic acids is 3. The highest BCUT2D eigenvalue weighted by molar-refractivity contribution is 7.07. The maximum Gasteiger partial charge on any atom is 0.363 e. The zero-order valence-corrected chi connectivity index (χ0v) is 13.5. The summed E-state index contributed by atoms with van der Waals surface area (Å²) < 4.78 is 0. The van der Waals surface area contributed by atoms with Crippen LogP contribution in [0, 0.1) is 0 Å². The number of benzene rings is 2. The molecule has 0 fully saturated rings. The molecule has 0 spiro atoms. The molecule has 0 atom stereocenters. The van der Waals surface area contributed by atoms with Crippen LogP contribution in [0.5, 0.6) is 0 Å².